The van der Waals surface area contributed by atoms with Crippen LogP contribution in [0.15, 0.2) is 82.6 Å². The third-order valence-electron chi connectivity index (χ3n) is 4.62. The van der Waals surface area contributed by atoms with Crippen molar-refractivity contribution in [3.05, 3.63) is 72.8 Å². The molecule has 0 amide bonds. The molecule has 0 aromatic heterocycles. The van der Waals surface area contributed by atoms with Crippen molar-refractivity contribution in [2.75, 3.05) is 11.9 Å². The smallest absolute Gasteiger partial charge is 0.0630 e. The quantitative estimate of drug-likeness (QED) is 0.379. The van der Waals surface area contributed by atoms with E-state index >= 15 is 0 Å². The van der Waals surface area contributed by atoms with Crippen LogP contribution in [0.25, 0.3) is 21.5 Å². The van der Waals surface area contributed by atoms with Gasteiger partial charge < -0.3 is 4.90 Å². The molecule has 0 N–H and O–H groups in total. The van der Waals surface area contributed by atoms with E-state index in [2.05, 4.69) is 84.7 Å². The standard InChI is InChI=1S/C21H15NS/c1-22-20-16-8-4-2-6-14(16)10-12-18(20)23-19-13-11-15-7-3-5-9-17(15)21(19)22/h2-13H,1H3. The van der Waals surface area contributed by atoms with Gasteiger partial charge in [0, 0.05) is 27.6 Å². The zero-order chi connectivity index (χ0) is 15.4. The Kier molecular flexibility index (Phi) is 2.70. The predicted molar refractivity (Wildman–Crippen MR) is 100 cm³/mol. The minimum atomic E-state index is 1.29. The van der Waals surface area contributed by atoms with Gasteiger partial charge in [-0.2, -0.15) is 0 Å². The maximum Gasteiger partial charge on any atom is 0.0630 e. The summed E-state index contributed by atoms with van der Waals surface area (Å²) < 4.78 is 0. The molecule has 1 aliphatic rings. The average Bonchev–Trinajstić information content (AvgIpc) is 2.61. The maximum absolute atomic E-state index is 2.37. The van der Waals surface area contributed by atoms with Crippen LogP contribution in [0.2, 0.25) is 0 Å². The fourth-order valence-corrected chi connectivity index (χ4v) is 4.75. The molecule has 1 nitrogen and oxygen atoms in total. The van der Waals surface area contributed by atoms with Crippen molar-refractivity contribution in [1.82, 2.24) is 0 Å². The maximum atomic E-state index is 2.37. The molecule has 2 heteroatoms. The van der Waals surface area contributed by atoms with Crippen molar-refractivity contribution >= 4 is 44.7 Å². The Hall–Kier alpha value is -2.45. The summed E-state index contributed by atoms with van der Waals surface area (Å²) in [6.45, 7) is 0. The summed E-state index contributed by atoms with van der Waals surface area (Å²) >= 11 is 1.87. The second kappa shape index (κ2) is 4.77. The topological polar surface area (TPSA) is 3.24 Å². The van der Waals surface area contributed by atoms with Gasteiger partial charge in [-0.3, -0.25) is 0 Å². The third kappa shape index (κ3) is 1.82. The summed E-state index contributed by atoms with van der Waals surface area (Å²) in [6, 6.07) is 26.2. The minimum Gasteiger partial charge on any atom is -0.342 e. The Bertz CT molecular complexity index is 983. The summed E-state index contributed by atoms with van der Waals surface area (Å²) in [7, 11) is 2.19. The second-order valence-electron chi connectivity index (χ2n) is 5.93. The molecule has 5 rings (SSSR count). The fraction of sp³-hybridized carbons (Fsp3) is 0.0476. The van der Waals surface area contributed by atoms with Gasteiger partial charge in [-0.15, -0.1) is 0 Å². The first kappa shape index (κ1) is 13.0. The highest BCUT2D eigenvalue weighted by atomic mass is 32.2. The SMILES string of the molecule is CN1c2c(ccc3ccccc23)Sc2ccc3ccccc3c21. The minimum absolute atomic E-state index is 1.29. The Labute approximate surface area is 139 Å². The molecule has 1 aliphatic heterocycles. The van der Waals surface area contributed by atoms with Gasteiger partial charge in [-0.05, 0) is 22.9 Å². The van der Waals surface area contributed by atoms with Crippen LogP contribution >= 0.6 is 11.8 Å². The molecule has 0 spiro atoms. The molecule has 4 aromatic rings. The number of fused-ring (bicyclic) bond motifs is 6. The molecule has 23 heavy (non-hydrogen) atoms. The van der Waals surface area contributed by atoms with Crippen molar-refractivity contribution in [1.29, 1.82) is 0 Å². The van der Waals surface area contributed by atoms with Crippen LogP contribution in [-0.4, -0.2) is 7.05 Å². The normalized spacial score (nSPS) is 13.2. The van der Waals surface area contributed by atoms with Crippen molar-refractivity contribution in [3.8, 4) is 0 Å². The summed E-state index contributed by atoms with van der Waals surface area (Å²) in [5.74, 6) is 0. The van der Waals surface area contributed by atoms with Gasteiger partial charge in [0.1, 0.15) is 0 Å². The van der Waals surface area contributed by atoms with Gasteiger partial charge in [0.15, 0.2) is 0 Å². The number of benzene rings is 4. The molecule has 110 valence electrons. The highest BCUT2D eigenvalue weighted by Crippen LogP contribution is 2.52. The summed E-state index contributed by atoms with van der Waals surface area (Å²) in [6.07, 6.45) is 0. The summed E-state index contributed by atoms with van der Waals surface area (Å²) in [5.41, 5.74) is 2.63. The van der Waals surface area contributed by atoms with E-state index in [0.717, 1.165) is 0 Å². The van der Waals surface area contributed by atoms with E-state index in [1.165, 1.54) is 42.7 Å². The van der Waals surface area contributed by atoms with Crippen LogP contribution in [0.3, 0.4) is 0 Å². The van der Waals surface area contributed by atoms with E-state index in [1.54, 1.807) is 0 Å². The van der Waals surface area contributed by atoms with E-state index in [4.69, 9.17) is 0 Å². The number of rotatable bonds is 0. The Morgan fingerprint density at radius 2 is 1.09 bits per heavy atom. The lowest BCUT2D eigenvalue weighted by Gasteiger charge is -2.32. The first-order chi connectivity index (χ1) is 11.3. The average molecular weight is 313 g/mol. The van der Waals surface area contributed by atoms with Gasteiger partial charge in [0.2, 0.25) is 0 Å². The van der Waals surface area contributed by atoms with Crippen LogP contribution in [0.5, 0.6) is 0 Å². The molecule has 0 atom stereocenters. The molecule has 0 radical (unpaired) electrons. The van der Waals surface area contributed by atoms with E-state index in [-0.39, 0.29) is 0 Å². The molecule has 0 unspecified atom stereocenters. The van der Waals surface area contributed by atoms with Crippen LogP contribution < -0.4 is 4.90 Å². The zero-order valence-corrected chi connectivity index (χ0v) is 13.6. The largest absolute Gasteiger partial charge is 0.342 e. The third-order valence-corrected chi connectivity index (χ3v) is 5.72. The molecule has 4 aromatic carbocycles. The Morgan fingerprint density at radius 3 is 1.61 bits per heavy atom. The highest BCUT2D eigenvalue weighted by Gasteiger charge is 2.24. The molecule has 0 saturated carbocycles. The monoisotopic (exact) mass is 313 g/mol. The Balaban J connectivity index is 1.86. The van der Waals surface area contributed by atoms with Crippen molar-refractivity contribution in [2.24, 2.45) is 0 Å². The summed E-state index contributed by atoms with van der Waals surface area (Å²) in [5, 5.41) is 5.22. The number of anilines is 2. The summed E-state index contributed by atoms with van der Waals surface area (Å²) in [4.78, 5) is 5.02. The van der Waals surface area contributed by atoms with Gasteiger partial charge >= 0.3 is 0 Å². The first-order valence-electron chi connectivity index (χ1n) is 7.78. The molecule has 0 aliphatic carbocycles. The number of nitrogens with zero attached hydrogens (tertiary/aromatic N) is 1. The predicted octanol–water partition coefficient (Wildman–Crippen LogP) is 6.23. The lowest BCUT2D eigenvalue weighted by Crippen LogP contribution is -2.15. The van der Waals surface area contributed by atoms with Gasteiger partial charge in [0.05, 0.1) is 11.4 Å². The van der Waals surface area contributed by atoms with Gasteiger partial charge in [0.25, 0.3) is 0 Å². The van der Waals surface area contributed by atoms with Crippen LogP contribution in [0, 0.1) is 0 Å². The molecular formula is C21H15NS. The number of hydrogen-bond donors (Lipinski definition) is 0. The van der Waals surface area contributed by atoms with Crippen LogP contribution in [-0.2, 0) is 0 Å². The van der Waals surface area contributed by atoms with Crippen molar-refractivity contribution in [2.45, 2.75) is 9.79 Å². The Morgan fingerprint density at radius 1 is 0.609 bits per heavy atom. The lowest BCUT2D eigenvalue weighted by atomic mass is 10.0. The second-order valence-corrected chi connectivity index (χ2v) is 7.01. The zero-order valence-electron chi connectivity index (χ0n) is 12.8. The highest BCUT2D eigenvalue weighted by molar-refractivity contribution is 7.99. The van der Waals surface area contributed by atoms with Crippen molar-refractivity contribution in [3.63, 3.8) is 0 Å². The number of hydrogen-bond acceptors (Lipinski definition) is 2. The lowest BCUT2D eigenvalue weighted by molar-refractivity contribution is 1.14. The fourth-order valence-electron chi connectivity index (χ4n) is 3.56. The van der Waals surface area contributed by atoms with Crippen molar-refractivity contribution < 1.29 is 0 Å². The van der Waals surface area contributed by atoms with Crippen LogP contribution in [0.1, 0.15) is 0 Å². The van der Waals surface area contributed by atoms with E-state index in [9.17, 15) is 0 Å². The van der Waals surface area contributed by atoms with Crippen LogP contribution in [0.4, 0.5) is 11.4 Å². The van der Waals surface area contributed by atoms with Gasteiger partial charge in [-0.25, -0.2) is 0 Å². The molecule has 1 heterocycles. The molecule has 0 bridgehead atoms. The molecule has 0 saturated heterocycles. The van der Waals surface area contributed by atoms with Gasteiger partial charge in [-0.1, -0.05) is 72.4 Å². The van der Waals surface area contributed by atoms with E-state index in [0.29, 0.717) is 0 Å². The molecule has 0 fully saturated rings. The van der Waals surface area contributed by atoms with E-state index < -0.39 is 0 Å². The molecular weight excluding hydrogens is 298 g/mol. The first-order valence-corrected chi connectivity index (χ1v) is 8.60. The van der Waals surface area contributed by atoms with E-state index in [1.807, 2.05) is 11.8 Å².